The second kappa shape index (κ2) is 8.13. The maximum Gasteiger partial charge on any atom is 0.240 e. The Labute approximate surface area is 146 Å². The fourth-order valence-electron chi connectivity index (χ4n) is 4.10. The van der Waals surface area contributed by atoms with Gasteiger partial charge in [0.15, 0.2) is 0 Å². The third kappa shape index (κ3) is 4.17. The Morgan fingerprint density at radius 1 is 1.08 bits per heavy atom. The SMILES string of the molecule is CN(C)C(Cc1ccccc1)C(=O)N1CCC(N2CCCC2)CC1. The van der Waals surface area contributed by atoms with E-state index in [0.717, 1.165) is 32.4 Å². The van der Waals surface area contributed by atoms with E-state index in [4.69, 9.17) is 0 Å². The molecule has 1 aromatic rings. The first-order chi connectivity index (χ1) is 11.6. The highest BCUT2D eigenvalue weighted by molar-refractivity contribution is 5.82. The molecule has 0 aromatic heterocycles. The van der Waals surface area contributed by atoms with Crippen LogP contribution in [-0.4, -0.2) is 73.0 Å². The van der Waals surface area contributed by atoms with Gasteiger partial charge in [-0.1, -0.05) is 30.3 Å². The number of rotatable bonds is 5. The summed E-state index contributed by atoms with van der Waals surface area (Å²) in [6, 6.07) is 11.0. The molecule has 0 bridgehead atoms. The number of hydrogen-bond donors (Lipinski definition) is 0. The Morgan fingerprint density at radius 3 is 2.29 bits per heavy atom. The average Bonchev–Trinajstić information content (AvgIpc) is 3.14. The van der Waals surface area contributed by atoms with Crippen LogP contribution in [-0.2, 0) is 11.2 Å². The summed E-state index contributed by atoms with van der Waals surface area (Å²) in [7, 11) is 4.03. The highest BCUT2D eigenvalue weighted by Crippen LogP contribution is 2.22. The van der Waals surface area contributed by atoms with E-state index >= 15 is 0 Å². The summed E-state index contributed by atoms with van der Waals surface area (Å²) in [5, 5.41) is 0. The zero-order valence-electron chi connectivity index (χ0n) is 15.2. The highest BCUT2D eigenvalue weighted by Gasteiger charge is 2.32. The van der Waals surface area contributed by atoms with Crippen LogP contribution < -0.4 is 0 Å². The molecule has 0 saturated carbocycles. The lowest BCUT2D eigenvalue weighted by Crippen LogP contribution is -2.52. The van der Waals surface area contributed by atoms with Crippen molar-refractivity contribution in [3.63, 3.8) is 0 Å². The first-order valence-electron chi connectivity index (χ1n) is 9.38. The average molecular weight is 329 g/mol. The summed E-state index contributed by atoms with van der Waals surface area (Å²) in [6.45, 7) is 4.35. The summed E-state index contributed by atoms with van der Waals surface area (Å²) in [5.74, 6) is 0.295. The molecule has 2 heterocycles. The Hall–Kier alpha value is -1.39. The topological polar surface area (TPSA) is 26.8 Å². The molecule has 2 saturated heterocycles. The Morgan fingerprint density at radius 2 is 1.71 bits per heavy atom. The number of nitrogens with zero attached hydrogens (tertiary/aromatic N) is 3. The molecular weight excluding hydrogens is 298 g/mol. The molecular formula is C20H31N3O. The molecule has 1 aromatic carbocycles. The third-order valence-electron chi connectivity index (χ3n) is 5.61. The van der Waals surface area contributed by atoms with Gasteiger partial charge in [-0.25, -0.2) is 0 Å². The number of amides is 1. The van der Waals surface area contributed by atoms with Gasteiger partial charge in [-0.05, 0) is 64.9 Å². The number of benzene rings is 1. The van der Waals surface area contributed by atoms with Crippen molar-refractivity contribution < 1.29 is 4.79 Å². The predicted octanol–water partition coefficient (Wildman–Crippen LogP) is 2.25. The molecule has 2 aliphatic heterocycles. The number of likely N-dealkylation sites (tertiary alicyclic amines) is 2. The summed E-state index contributed by atoms with van der Waals surface area (Å²) >= 11 is 0. The van der Waals surface area contributed by atoms with Gasteiger partial charge in [0.25, 0.3) is 0 Å². The van der Waals surface area contributed by atoms with Crippen molar-refractivity contribution in [1.29, 1.82) is 0 Å². The third-order valence-corrected chi connectivity index (χ3v) is 5.61. The molecule has 3 rings (SSSR count). The van der Waals surface area contributed by atoms with Crippen LogP contribution in [0.1, 0.15) is 31.2 Å². The monoisotopic (exact) mass is 329 g/mol. The normalized spacial score (nSPS) is 21.4. The summed E-state index contributed by atoms with van der Waals surface area (Å²) < 4.78 is 0. The van der Waals surface area contributed by atoms with Crippen LogP contribution in [0.2, 0.25) is 0 Å². The van der Waals surface area contributed by atoms with E-state index in [2.05, 4.69) is 26.8 Å². The van der Waals surface area contributed by atoms with Crippen LogP contribution in [0.15, 0.2) is 30.3 Å². The molecule has 2 fully saturated rings. The number of piperidine rings is 1. The van der Waals surface area contributed by atoms with Crippen molar-refractivity contribution in [2.75, 3.05) is 40.3 Å². The van der Waals surface area contributed by atoms with Gasteiger partial charge in [0, 0.05) is 19.1 Å². The number of hydrogen-bond acceptors (Lipinski definition) is 3. The molecule has 4 nitrogen and oxygen atoms in total. The first kappa shape index (κ1) is 17.4. The maximum atomic E-state index is 13.0. The van der Waals surface area contributed by atoms with Crippen LogP contribution in [0.25, 0.3) is 0 Å². The van der Waals surface area contributed by atoms with Gasteiger partial charge in [0.2, 0.25) is 5.91 Å². The van der Waals surface area contributed by atoms with E-state index in [-0.39, 0.29) is 6.04 Å². The molecule has 0 aliphatic carbocycles. The minimum Gasteiger partial charge on any atom is -0.341 e. The zero-order chi connectivity index (χ0) is 16.9. The van der Waals surface area contributed by atoms with Crippen molar-refractivity contribution in [3.8, 4) is 0 Å². The van der Waals surface area contributed by atoms with Crippen molar-refractivity contribution >= 4 is 5.91 Å². The van der Waals surface area contributed by atoms with Gasteiger partial charge in [0.05, 0.1) is 6.04 Å². The fourth-order valence-corrected chi connectivity index (χ4v) is 4.10. The summed E-state index contributed by atoms with van der Waals surface area (Å²) in [6.07, 6.45) is 5.75. The van der Waals surface area contributed by atoms with Crippen LogP contribution >= 0.6 is 0 Å². The second-order valence-corrected chi connectivity index (χ2v) is 7.47. The smallest absolute Gasteiger partial charge is 0.240 e. The van der Waals surface area contributed by atoms with Gasteiger partial charge < -0.3 is 9.80 Å². The van der Waals surface area contributed by atoms with Gasteiger partial charge in [-0.2, -0.15) is 0 Å². The van der Waals surface area contributed by atoms with Crippen LogP contribution in [0, 0.1) is 0 Å². The molecule has 1 amide bonds. The maximum absolute atomic E-state index is 13.0. The standard InChI is InChI=1S/C20H31N3O/c1-21(2)19(16-17-8-4-3-5-9-17)20(24)23-14-10-18(11-15-23)22-12-6-7-13-22/h3-5,8-9,18-19H,6-7,10-16H2,1-2H3. The van der Waals surface area contributed by atoms with E-state index in [1.807, 2.05) is 32.3 Å². The van der Waals surface area contributed by atoms with E-state index in [1.54, 1.807) is 0 Å². The Kier molecular flexibility index (Phi) is 5.90. The fraction of sp³-hybridized carbons (Fsp3) is 0.650. The minimum atomic E-state index is -0.0595. The molecule has 2 aliphatic rings. The molecule has 132 valence electrons. The summed E-state index contributed by atoms with van der Waals surface area (Å²) in [4.78, 5) is 19.8. The number of likely N-dealkylation sites (N-methyl/N-ethyl adjacent to an activating group) is 1. The molecule has 1 unspecified atom stereocenters. The lowest BCUT2D eigenvalue weighted by atomic mass is 10.00. The zero-order valence-corrected chi connectivity index (χ0v) is 15.2. The second-order valence-electron chi connectivity index (χ2n) is 7.47. The molecule has 0 N–H and O–H groups in total. The van der Waals surface area contributed by atoms with E-state index in [1.165, 1.54) is 31.5 Å². The van der Waals surface area contributed by atoms with Crippen molar-refractivity contribution in [1.82, 2.24) is 14.7 Å². The van der Waals surface area contributed by atoms with Gasteiger partial charge in [-0.15, -0.1) is 0 Å². The lowest BCUT2D eigenvalue weighted by Gasteiger charge is -2.39. The largest absolute Gasteiger partial charge is 0.341 e. The van der Waals surface area contributed by atoms with Crippen molar-refractivity contribution in [2.45, 2.75) is 44.2 Å². The molecule has 1 atom stereocenters. The van der Waals surface area contributed by atoms with Gasteiger partial charge >= 0.3 is 0 Å². The Balaban J connectivity index is 1.57. The van der Waals surface area contributed by atoms with Crippen LogP contribution in [0.3, 0.4) is 0 Å². The van der Waals surface area contributed by atoms with Crippen molar-refractivity contribution in [2.24, 2.45) is 0 Å². The minimum absolute atomic E-state index is 0.0595. The number of carbonyl (C=O) groups excluding carboxylic acids is 1. The predicted molar refractivity (Wildman–Crippen MR) is 98.0 cm³/mol. The Bertz CT molecular complexity index is 517. The summed E-state index contributed by atoms with van der Waals surface area (Å²) in [5.41, 5.74) is 1.23. The molecule has 0 spiro atoms. The van der Waals surface area contributed by atoms with Crippen molar-refractivity contribution in [3.05, 3.63) is 35.9 Å². The van der Waals surface area contributed by atoms with Gasteiger partial charge in [0.1, 0.15) is 0 Å². The van der Waals surface area contributed by atoms with E-state index < -0.39 is 0 Å². The number of carbonyl (C=O) groups is 1. The first-order valence-corrected chi connectivity index (χ1v) is 9.38. The lowest BCUT2D eigenvalue weighted by molar-refractivity contribution is -0.137. The van der Waals surface area contributed by atoms with Gasteiger partial charge in [-0.3, -0.25) is 9.69 Å². The van der Waals surface area contributed by atoms with Crippen LogP contribution in [0.4, 0.5) is 0 Å². The molecule has 24 heavy (non-hydrogen) atoms. The molecule has 0 radical (unpaired) electrons. The van der Waals surface area contributed by atoms with Crippen LogP contribution in [0.5, 0.6) is 0 Å². The van der Waals surface area contributed by atoms with E-state index in [9.17, 15) is 4.79 Å². The quantitative estimate of drug-likeness (QED) is 0.829. The van der Waals surface area contributed by atoms with E-state index in [0.29, 0.717) is 11.9 Å². The highest BCUT2D eigenvalue weighted by atomic mass is 16.2. The molecule has 4 heteroatoms.